The molecule has 2 unspecified atom stereocenters. The summed E-state index contributed by atoms with van der Waals surface area (Å²) >= 11 is 0. The first-order valence-corrected chi connectivity index (χ1v) is 29.4. The van der Waals surface area contributed by atoms with Gasteiger partial charge in [-0.15, -0.1) is 0 Å². The Bertz CT molecular complexity index is 3860. The van der Waals surface area contributed by atoms with Gasteiger partial charge in [0.25, 0.3) is 6.71 Å². The highest BCUT2D eigenvalue weighted by molar-refractivity contribution is 7.00. The van der Waals surface area contributed by atoms with E-state index in [1.165, 1.54) is 132 Å². The van der Waals surface area contributed by atoms with Gasteiger partial charge in [0.05, 0.1) is 16.6 Å². The van der Waals surface area contributed by atoms with Gasteiger partial charge >= 0.3 is 0 Å². The fraction of sp³-hybridized carbons (Fsp3) is 0.417. The summed E-state index contributed by atoms with van der Waals surface area (Å²) < 4.78 is 6.73. The van der Waals surface area contributed by atoms with E-state index in [0.29, 0.717) is 0 Å². The van der Waals surface area contributed by atoms with Gasteiger partial charge in [-0.1, -0.05) is 151 Å². The molecular formula is C72H80BN3O. The molecule has 77 heavy (non-hydrogen) atoms. The molecule has 6 aliphatic rings. The number of hydrogen-bond acceptors (Lipinski definition) is 4. The van der Waals surface area contributed by atoms with Gasteiger partial charge in [-0.3, -0.25) is 0 Å². The molecule has 0 saturated heterocycles. The Hall–Kier alpha value is -6.20. The van der Waals surface area contributed by atoms with Crippen LogP contribution in [0.1, 0.15) is 186 Å². The summed E-state index contributed by atoms with van der Waals surface area (Å²) in [6.07, 6.45) is 9.53. The quantitative estimate of drug-likeness (QED) is 0.165. The zero-order valence-corrected chi connectivity index (χ0v) is 49.0. The van der Waals surface area contributed by atoms with Crippen molar-refractivity contribution in [3.05, 3.63) is 160 Å². The lowest BCUT2D eigenvalue weighted by molar-refractivity contribution is 0.195. The van der Waals surface area contributed by atoms with Crippen LogP contribution in [0.2, 0.25) is 0 Å². The highest BCUT2D eigenvalue weighted by atomic mass is 16.3. The first-order chi connectivity index (χ1) is 36.3. The van der Waals surface area contributed by atoms with Crippen molar-refractivity contribution in [3.8, 4) is 0 Å². The third-order valence-corrected chi connectivity index (χ3v) is 21.4. The SMILES string of the molecule is Cc1cc2c3c(c1)N(c1cccc4oc5ccccc5c14)c1cc4c(cc1B3c1ccc(N3c5ccc(C(C)(C)C)cc5C5(C)CCCCC35C)cc1N2c1cc2c(cc1C)C(C)(C)CCC2(C)C)C(C)(C)CCC4(C)C. The van der Waals surface area contributed by atoms with Gasteiger partial charge in [0, 0.05) is 50.6 Å². The van der Waals surface area contributed by atoms with Gasteiger partial charge in [-0.05, 0) is 208 Å². The number of fused-ring (bicyclic) bond motifs is 12. The molecule has 7 aromatic carbocycles. The van der Waals surface area contributed by atoms with E-state index in [1.54, 1.807) is 0 Å². The van der Waals surface area contributed by atoms with E-state index in [4.69, 9.17) is 4.42 Å². The first kappa shape index (κ1) is 49.1. The number of furan rings is 1. The number of benzene rings is 7. The van der Waals surface area contributed by atoms with E-state index in [1.807, 2.05) is 0 Å². The standard InChI is InChI=1S/C72H80BN3O/c1-43-35-60-65-61(36-43)75(57-41-50-48(37-44(57)2)67(6,7)31-33-69(50,10)11)58-39-46(76-55-28-25-45(66(3,4)5)38-52(55)71(14)29-18-19-30-72(71,76)15)26-27-53(58)73(65)54-40-49-51(70(12,13)34-32-68(49,8)9)42-59(54)74(60)56-22-20-24-63-64(56)47-21-16-17-23-62(47)77-63/h16-17,20-28,35-42H,18-19,29-34H2,1-15H3. The Morgan fingerprint density at radius 2 is 1.05 bits per heavy atom. The van der Waals surface area contributed by atoms with E-state index in [0.717, 1.165) is 47.6 Å². The van der Waals surface area contributed by atoms with Crippen LogP contribution < -0.4 is 31.1 Å². The maximum Gasteiger partial charge on any atom is 0.252 e. The molecule has 0 N–H and O–H groups in total. The third kappa shape index (κ3) is 6.70. The van der Waals surface area contributed by atoms with Gasteiger partial charge in [0.2, 0.25) is 0 Å². The molecular weight excluding hydrogens is 934 g/mol. The minimum absolute atomic E-state index is 0.0114. The lowest BCUT2D eigenvalue weighted by atomic mass is 9.33. The van der Waals surface area contributed by atoms with Gasteiger partial charge in [0.1, 0.15) is 11.2 Å². The van der Waals surface area contributed by atoms with E-state index in [-0.39, 0.29) is 44.7 Å². The van der Waals surface area contributed by atoms with Crippen LogP contribution in [0, 0.1) is 13.8 Å². The van der Waals surface area contributed by atoms with Gasteiger partial charge in [-0.25, -0.2) is 0 Å². The summed E-state index contributed by atoms with van der Waals surface area (Å²) in [5, 5.41) is 2.31. The Balaban J connectivity index is 1.10. The molecule has 0 radical (unpaired) electrons. The fourth-order valence-corrected chi connectivity index (χ4v) is 16.3. The van der Waals surface area contributed by atoms with E-state index >= 15 is 0 Å². The van der Waals surface area contributed by atoms with Crippen molar-refractivity contribution in [2.45, 2.75) is 193 Å². The summed E-state index contributed by atoms with van der Waals surface area (Å²) in [6, 6.07) is 46.3. The summed E-state index contributed by atoms with van der Waals surface area (Å²) in [5.74, 6) is 0. The largest absolute Gasteiger partial charge is 0.456 e. The first-order valence-electron chi connectivity index (χ1n) is 29.4. The van der Waals surface area contributed by atoms with Crippen LogP contribution in [-0.4, -0.2) is 12.3 Å². The smallest absolute Gasteiger partial charge is 0.252 e. The molecule has 5 heteroatoms. The lowest BCUT2D eigenvalue weighted by Crippen LogP contribution is -2.62. The molecule has 1 aromatic heterocycles. The zero-order chi connectivity index (χ0) is 53.9. The molecule has 4 heterocycles. The van der Waals surface area contributed by atoms with Crippen molar-refractivity contribution in [1.82, 2.24) is 0 Å². The molecule has 1 saturated carbocycles. The minimum atomic E-state index is -0.0928. The fourth-order valence-electron chi connectivity index (χ4n) is 16.3. The zero-order valence-electron chi connectivity index (χ0n) is 49.0. The number of rotatable bonds is 3. The van der Waals surface area contributed by atoms with Crippen LogP contribution in [-0.2, 0) is 32.5 Å². The van der Waals surface area contributed by atoms with Gasteiger partial charge < -0.3 is 19.1 Å². The van der Waals surface area contributed by atoms with E-state index < -0.39 is 0 Å². The summed E-state index contributed by atoms with van der Waals surface area (Å²) in [7, 11) is 0. The maximum absolute atomic E-state index is 6.73. The second kappa shape index (κ2) is 15.8. The molecule has 8 aromatic rings. The predicted octanol–water partition coefficient (Wildman–Crippen LogP) is 18.0. The Labute approximate surface area is 460 Å². The van der Waals surface area contributed by atoms with Crippen molar-refractivity contribution in [2.75, 3.05) is 14.7 Å². The normalized spacial score (nSPS) is 23.0. The lowest BCUT2D eigenvalue weighted by Gasteiger charge is -2.51. The van der Waals surface area contributed by atoms with Crippen molar-refractivity contribution in [2.24, 2.45) is 0 Å². The van der Waals surface area contributed by atoms with Crippen molar-refractivity contribution in [1.29, 1.82) is 0 Å². The van der Waals surface area contributed by atoms with Gasteiger partial charge in [0.15, 0.2) is 0 Å². The van der Waals surface area contributed by atoms with Crippen molar-refractivity contribution < 1.29 is 4.42 Å². The van der Waals surface area contributed by atoms with Gasteiger partial charge in [-0.2, -0.15) is 0 Å². The van der Waals surface area contributed by atoms with Crippen LogP contribution in [0.25, 0.3) is 21.9 Å². The highest BCUT2D eigenvalue weighted by Crippen LogP contribution is 2.62. The maximum atomic E-state index is 6.73. The van der Waals surface area contributed by atoms with Crippen LogP contribution in [0.5, 0.6) is 0 Å². The van der Waals surface area contributed by atoms with Crippen molar-refractivity contribution >= 4 is 90.5 Å². The molecule has 14 rings (SSSR count). The number of anilines is 8. The molecule has 4 nitrogen and oxygen atoms in total. The summed E-state index contributed by atoms with van der Waals surface area (Å²) in [6.45, 7) is 36.9. The molecule has 0 bridgehead atoms. The number of nitrogens with zero attached hydrogens (tertiary/aromatic N) is 3. The third-order valence-electron chi connectivity index (χ3n) is 21.4. The molecule has 3 aliphatic heterocycles. The van der Waals surface area contributed by atoms with Crippen LogP contribution in [0.3, 0.4) is 0 Å². The molecule has 3 aliphatic carbocycles. The second-order valence-electron chi connectivity index (χ2n) is 29.1. The van der Waals surface area contributed by atoms with Crippen molar-refractivity contribution in [3.63, 3.8) is 0 Å². The molecule has 2 atom stereocenters. The Morgan fingerprint density at radius 1 is 0.468 bits per heavy atom. The Morgan fingerprint density at radius 3 is 1.73 bits per heavy atom. The molecule has 1 fully saturated rings. The van der Waals surface area contributed by atoms with Crippen LogP contribution in [0.15, 0.2) is 120 Å². The average molecular weight is 1010 g/mol. The average Bonchev–Trinajstić information content (AvgIpc) is 4.09. The predicted molar refractivity (Wildman–Crippen MR) is 329 cm³/mol. The number of hydrogen-bond donors (Lipinski definition) is 0. The molecule has 0 amide bonds. The number of para-hydroxylation sites is 1. The molecule has 392 valence electrons. The Kier molecular flexibility index (Phi) is 10.1. The molecule has 0 spiro atoms. The van der Waals surface area contributed by atoms with E-state index in [2.05, 4.69) is 234 Å². The monoisotopic (exact) mass is 1010 g/mol. The van der Waals surface area contributed by atoms with E-state index in [9.17, 15) is 0 Å². The summed E-state index contributed by atoms with van der Waals surface area (Å²) in [5.41, 5.74) is 27.9. The highest BCUT2D eigenvalue weighted by Gasteiger charge is 2.58. The number of aryl methyl sites for hydroxylation is 2. The topological polar surface area (TPSA) is 22.9 Å². The van der Waals surface area contributed by atoms with Crippen LogP contribution in [0.4, 0.5) is 45.5 Å². The minimum Gasteiger partial charge on any atom is -0.456 e. The summed E-state index contributed by atoms with van der Waals surface area (Å²) in [4.78, 5) is 8.24. The van der Waals surface area contributed by atoms with Crippen LogP contribution >= 0.6 is 0 Å². The second-order valence-corrected chi connectivity index (χ2v) is 29.1.